The number of nitrogens with zero attached hydrogens (tertiary/aromatic N) is 6. The molecule has 10 nitrogen and oxygen atoms in total. The van der Waals surface area contributed by atoms with Gasteiger partial charge in [0.1, 0.15) is 5.69 Å². The van der Waals surface area contributed by atoms with Crippen LogP contribution in [-0.2, 0) is 16.0 Å². The molecule has 0 aliphatic heterocycles. The Morgan fingerprint density at radius 1 is 1.09 bits per heavy atom. The van der Waals surface area contributed by atoms with Crippen molar-refractivity contribution in [2.45, 2.75) is 26.4 Å². The Labute approximate surface area is 204 Å². The zero-order valence-electron chi connectivity index (χ0n) is 18.8. The second-order valence-corrected chi connectivity index (χ2v) is 8.52. The summed E-state index contributed by atoms with van der Waals surface area (Å²) in [5.74, 6) is 0.180. The van der Waals surface area contributed by atoms with Gasteiger partial charge < -0.3 is 10.1 Å². The molecule has 4 aromatic heterocycles. The van der Waals surface area contributed by atoms with Gasteiger partial charge in [0.05, 0.1) is 23.2 Å². The minimum absolute atomic E-state index is 0.107. The highest BCUT2D eigenvalue weighted by molar-refractivity contribution is 6.33. The molecule has 1 amide bonds. The van der Waals surface area contributed by atoms with Crippen LogP contribution in [0.4, 0.5) is 5.69 Å². The molecule has 4 heterocycles. The normalized spacial score (nSPS) is 11.3. The number of rotatable bonds is 6. The molecular formula is C24H20ClN7O3. The molecular weight excluding hydrogens is 470 g/mol. The minimum Gasteiger partial charge on any atom is -0.463 e. The number of hydrogen-bond acceptors (Lipinski definition) is 7. The maximum Gasteiger partial charge on any atom is 0.310 e. The zero-order chi connectivity index (χ0) is 24.5. The van der Waals surface area contributed by atoms with Gasteiger partial charge in [-0.25, -0.2) is 19.9 Å². The third-order valence-corrected chi connectivity index (χ3v) is 5.38. The SMILES string of the molecule is CC(C)OC(=O)Cc1cnc2nc(-c3cc(NC(=O)c4cn5cccnc5n4)ccc3Cl)cn2c1. The minimum atomic E-state index is -0.377. The van der Waals surface area contributed by atoms with Crippen molar-refractivity contribution < 1.29 is 14.3 Å². The number of halogens is 1. The molecule has 0 spiro atoms. The maximum atomic E-state index is 12.7. The van der Waals surface area contributed by atoms with E-state index in [1.807, 2.05) is 0 Å². The first-order chi connectivity index (χ1) is 16.9. The Hall–Kier alpha value is -4.31. The number of carbonyl (C=O) groups excluding carboxylic acids is 2. The molecule has 0 saturated heterocycles. The lowest BCUT2D eigenvalue weighted by Gasteiger charge is -2.07. The number of ether oxygens (including phenoxy) is 1. The van der Waals surface area contributed by atoms with Gasteiger partial charge in [-0.3, -0.25) is 18.4 Å². The van der Waals surface area contributed by atoms with E-state index in [-0.39, 0.29) is 30.1 Å². The first-order valence-corrected chi connectivity index (χ1v) is 11.2. The van der Waals surface area contributed by atoms with Crippen LogP contribution in [0.1, 0.15) is 29.9 Å². The number of esters is 1. The highest BCUT2D eigenvalue weighted by atomic mass is 35.5. The van der Waals surface area contributed by atoms with Gasteiger partial charge in [0.15, 0.2) is 0 Å². The van der Waals surface area contributed by atoms with Gasteiger partial charge in [-0.2, -0.15) is 0 Å². The molecule has 0 unspecified atom stereocenters. The molecule has 35 heavy (non-hydrogen) atoms. The van der Waals surface area contributed by atoms with Crippen LogP contribution in [-0.4, -0.2) is 46.7 Å². The molecule has 5 rings (SSSR count). The molecule has 0 bridgehead atoms. The number of aromatic nitrogens is 6. The molecule has 0 radical (unpaired) electrons. The highest BCUT2D eigenvalue weighted by Crippen LogP contribution is 2.30. The van der Waals surface area contributed by atoms with Crippen molar-refractivity contribution in [3.05, 3.63) is 77.7 Å². The number of fused-ring (bicyclic) bond motifs is 2. The van der Waals surface area contributed by atoms with E-state index in [0.717, 1.165) is 0 Å². The van der Waals surface area contributed by atoms with Crippen LogP contribution < -0.4 is 5.32 Å². The van der Waals surface area contributed by atoms with Gasteiger partial charge in [0, 0.05) is 48.4 Å². The van der Waals surface area contributed by atoms with E-state index >= 15 is 0 Å². The number of hydrogen-bond donors (Lipinski definition) is 1. The summed E-state index contributed by atoms with van der Waals surface area (Å²) in [6, 6.07) is 6.87. The lowest BCUT2D eigenvalue weighted by atomic mass is 10.1. The van der Waals surface area contributed by atoms with Crippen LogP contribution in [0.5, 0.6) is 0 Å². The van der Waals surface area contributed by atoms with Crippen LogP contribution >= 0.6 is 11.6 Å². The number of benzene rings is 1. The Morgan fingerprint density at radius 2 is 1.91 bits per heavy atom. The summed E-state index contributed by atoms with van der Waals surface area (Å²) in [5, 5.41) is 3.30. The first kappa shape index (κ1) is 22.5. The monoisotopic (exact) mass is 489 g/mol. The number of imidazole rings is 2. The van der Waals surface area contributed by atoms with E-state index in [0.29, 0.717) is 39.1 Å². The molecule has 5 aromatic rings. The quantitative estimate of drug-likeness (QED) is 0.360. The van der Waals surface area contributed by atoms with Crippen LogP contribution in [0, 0.1) is 0 Å². The second kappa shape index (κ2) is 9.15. The van der Waals surface area contributed by atoms with E-state index in [1.165, 1.54) is 0 Å². The Balaban J connectivity index is 1.39. The molecule has 1 N–H and O–H groups in total. The lowest BCUT2D eigenvalue weighted by Crippen LogP contribution is -2.14. The Bertz CT molecular complexity index is 1540. The zero-order valence-corrected chi connectivity index (χ0v) is 19.6. The standard InChI is InChI=1S/C24H20ClN7O3/c1-14(2)35-21(33)8-15-10-27-24-29-19(12-32(24)11-15)17-9-16(4-5-18(17)25)28-22(34)20-13-31-7-3-6-26-23(31)30-20/h3-7,9-14H,8H2,1-2H3,(H,28,34). The van der Waals surface area contributed by atoms with Crippen molar-refractivity contribution in [2.75, 3.05) is 5.32 Å². The fourth-order valence-electron chi connectivity index (χ4n) is 3.55. The predicted molar refractivity (Wildman–Crippen MR) is 129 cm³/mol. The van der Waals surface area contributed by atoms with E-state index in [2.05, 4.69) is 25.3 Å². The summed E-state index contributed by atoms with van der Waals surface area (Å²) < 4.78 is 8.59. The molecule has 0 fully saturated rings. The van der Waals surface area contributed by atoms with Gasteiger partial charge in [-0.1, -0.05) is 11.6 Å². The van der Waals surface area contributed by atoms with Gasteiger partial charge in [0.25, 0.3) is 5.91 Å². The van der Waals surface area contributed by atoms with Crippen molar-refractivity contribution in [1.82, 2.24) is 28.7 Å². The highest BCUT2D eigenvalue weighted by Gasteiger charge is 2.15. The first-order valence-electron chi connectivity index (χ1n) is 10.8. The second-order valence-electron chi connectivity index (χ2n) is 8.11. The van der Waals surface area contributed by atoms with E-state index in [9.17, 15) is 9.59 Å². The number of amides is 1. The molecule has 176 valence electrons. The number of carbonyl (C=O) groups is 2. The van der Waals surface area contributed by atoms with Crippen molar-refractivity contribution >= 4 is 40.7 Å². The van der Waals surface area contributed by atoms with Gasteiger partial charge in [-0.05, 0) is 43.7 Å². The van der Waals surface area contributed by atoms with Crippen LogP contribution in [0.3, 0.4) is 0 Å². The van der Waals surface area contributed by atoms with Crippen molar-refractivity contribution in [3.63, 3.8) is 0 Å². The topological polar surface area (TPSA) is 116 Å². The van der Waals surface area contributed by atoms with E-state index in [4.69, 9.17) is 16.3 Å². The lowest BCUT2D eigenvalue weighted by molar-refractivity contribution is -0.146. The summed E-state index contributed by atoms with van der Waals surface area (Å²) in [6.45, 7) is 3.60. The maximum absolute atomic E-state index is 12.7. The smallest absolute Gasteiger partial charge is 0.310 e. The molecule has 0 saturated carbocycles. The van der Waals surface area contributed by atoms with Crippen molar-refractivity contribution in [2.24, 2.45) is 0 Å². The summed E-state index contributed by atoms with van der Waals surface area (Å²) >= 11 is 6.45. The van der Waals surface area contributed by atoms with E-state index in [1.54, 1.807) is 84.1 Å². The number of anilines is 1. The van der Waals surface area contributed by atoms with Crippen LogP contribution in [0.15, 0.2) is 61.4 Å². The molecule has 0 atom stereocenters. The Morgan fingerprint density at radius 3 is 2.71 bits per heavy atom. The van der Waals surface area contributed by atoms with Crippen LogP contribution in [0.25, 0.3) is 22.8 Å². The van der Waals surface area contributed by atoms with Crippen LogP contribution in [0.2, 0.25) is 5.02 Å². The molecule has 0 aliphatic rings. The van der Waals surface area contributed by atoms with E-state index < -0.39 is 0 Å². The number of nitrogens with one attached hydrogen (secondary N) is 1. The van der Waals surface area contributed by atoms with Gasteiger partial charge in [-0.15, -0.1) is 0 Å². The van der Waals surface area contributed by atoms with Gasteiger partial charge >= 0.3 is 5.97 Å². The molecule has 1 aromatic carbocycles. The molecule has 11 heteroatoms. The van der Waals surface area contributed by atoms with Gasteiger partial charge in [0.2, 0.25) is 11.6 Å². The summed E-state index contributed by atoms with van der Waals surface area (Å²) in [7, 11) is 0. The fourth-order valence-corrected chi connectivity index (χ4v) is 3.77. The third kappa shape index (κ3) is 4.82. The fraction of sp³-hybridized carbons (Fsp3) is 0.167. The average Bonchev–Trinajstić information content (AvgIpc) is 3.43. The van der Waals surface area contributed by atoms with Crippen molar-refractivity contribution in [3.8, 4) is 11.3 Å². The summed E-state index contributed by atoms with van der Waals surface area (Å²) in [6.07, 6.45) is 10.0. The molecule has 0 aliphatic carbocycles. The third-order valence-electron chi connectivity index (χ3n) is 5.05. The van der Waals surface area contributed by atoms with Crippen molar-refractivity contribution in [1.29, 1.82) is 0 Å². The largest absolute Gasteiger partial charge is 0.463 e. The predicted octanol–water partition coefficient (Wildman–Crippen LogP) is 3.84. The summed E-state index contributed by atoms with van der Waals surface area (Å²) in [4.78, 5) is 41.9. The average molecular weight is 490 g/mol. The summed E-state index contributed by atoms with van der Waals surface area (Å²) in [5.41, 5.74) is 2.65. The Kier molecular flexibility index (Phi) is 5.87.